The molecule has 0 saturated heterocycles. The predicted molar refractivity (Wildman–Crippen MR) is 103 cm³/mol. The summed E-state index contributed by atoms with van der Waals surface area (Å²) >= 11 is 0. The van der Waals surface area contributed by atoms with Gasteiger partial charge in [0, 0.05) is 17.5 Å². The van der Waals surface area contributed by atoms with E-state index in [0.717, 1.165) is 28.6 Å². The molecule has 1 heterocycles. The van der Waals surface area contributed by atoms with Crippen molar-refractivity contribution in [1.82, 2.24) is 15.6 Å². The van der Waals surface area contributed by atoms with Crippen LogP contribution in [0, 0.1) is 0 Å². The van der Waals surface area contributed by atoms with E-state index in [1.165, 1.54) is 0 Å². The maximum Gasteiger partial charge on any atom is 0.252 e. The molecular formula is C21H21N3O2. The summed E-state index contributed by atoms with van der Waals surface area (Å²) in [5.41, 5.74) is 2.92. The fourth-order valence-electron chi connectivity index (χ4n) is 2.70. The van der Waals surface area contributed by atoms with Crippen molar-refractivity contribution in [2.24, 2.45) is 0 Å². The SMILES string of the molecule is CCCNC(=O)CNC(=O)c1cc(-c2ccccc2)nc2ccccc12. The summed E-state index contributed by atoms with van der Waals surface area (Å²) in [6.45, 7) is 2.54. The number of amides is 2. The van der Waals surface area contributed by atoms with Crippen molar-refractivity contribution in [1.29, 1.82) is 0 Å². The standard InChI is InChI=1S/C21H21N3O2/c1-2-12-22-20(25)14-23-21(26)17-13-19(15-8-4-3-5-9-15)24-18-11-7-6-10-16(17)18/h3-11,13H,2,12,14H2,1H3,(H,22,25)(H,23,26). The molecule has 2 aromatic carbocycles. The first-order valence-corrected chi connectivity index (χ1v) is 8.69. The van der Waals surface area contributed by atoms with Gasteiger partial charge < -0.3 is 10.6 Å². The molecule has 5 heteroatoms. The summed E-state index contributed by atoms with van der Waals surface area (Å²) in [7, 11) is 0. The minimum atomic E-state index is -0.285. The Kier molecular flexibility index (Phi) is 5.59. The van der Waals surface area contributed by atoms with E-state index >= 15 is 0 Å². The molecule has 0 atom stereocenters. The van der Waals surface area contributed by atoms with Crippen LogP contribution in [-0.4, -0.2) is 29.9 Å². The fraction of sp³-hybridized carbons (Fsp3) is 0.190. The largest absolute Gasteiger partial charge is 0.355 e. The fourth-order valence-corrected chi connectivity index (χ4v) is 2.70. The second-order valence-electron chi connectivity index (χ2n) is 5.97. The van der Waals surface area contributed by atoms with Crippen molar-refractivity contribution < 1.29 is 9.59 Å². The molecule has 0 saturated carbocycles. The van der Waals surface area contributed by atoms with Crippen LogP contribution in [0.25, 0.3) is 22.2 Å². The molecule has 2 amide bonds. The van der Waals surface area contributed by atoms with Gasteiger partial charge in [0.25, 0.3) is 5.91 Å². The minimum absolute atomic E-state index is 0.0455. The molecule has 0 radical (unpaired) electrons. The molecule has 0 aliphatic heterocycles. The molecule has 132 valence electrons. The van der Waals surface area contributed by atoms with Crippen molar-refractivity contribution in [2.75, 3.05) is 13.1 Å². The lowest BCUT2D eigenvalue weighted by Crippen LogP contribution is -2.37. The number of para-hydroxylation sites is 1. The first-order chi connectivity index (χ1) is 12.7. The van der Waals surface area contributed by atoms with Gasteiger partial charge in [-0.05, 0) is 18.6 Å². The molecule has 0 fully saturated rings. The molecule has 3 aromatic rings. The topological polar surface area (TPSA) is 71.1 Å². The van der Waals surface area contributed by atoms with Gasteiger partial charge in [0.1, 0.15) is 0 Å². The Bertz CT molecular complexity index is 923. The molecule has 0 aliphatic carbocycles. The van der Waals surface area contributed by atoms with Crippen LogP contribution in [0.15, 0.2) is 60.7 Å². The van der Waals surface area contributed by atoms with E-state index in [-0.39, 0.29) is 18.4 Å². The molecule has 0 spiro atoms. The average Bonchev–Trinajstić information content (AvgIpc) is 2.70. The van der Waals surface area contributed by atoms with Crippen LogP contribution in [0.4, 0.5) is 0 Å². The molecular weight excluding hydrogens is 326 g/mol. The van der Waals surface area contributed by atoms with Gasteiger partial charge in [-0.1, -0.05) is 55.5 Å². The smallest absolute Gasteiger partial charge is 0.252 e. The highest BCUT2D eigenvalue weighted by Gasteiger charge is 2.14. The third-order valence-electron chi connectivity index (χ3n) is 4.01. The summed E-state index contributed by atoms with van der Waals surface area (Å²) in [6, 6.07) is 19.0. The van der Waals surface area contributed by atoms with E-state index in [2.05, 4.69) is 15.6 Å². The minimum Gasteiger partial charge on any atom is -0.355 e. The Balaban J connectivity index is 1.91. The lowest BCUT2D eigenvalue weighted by molar-refractivity contribution is -0.120. The first-order valence-electron chi connectivity index (χ1n) is 8.69. The zero-order valence-corrected chi connectivity index (χ0v) is 14.7. The zero-order valence-electron chi connectivity index (χ0n) is 14.7. The van der Waals surface area contributed by atoms with Crippen LogP contribution in [-0.2, 0) is 4.79 Å². The van der Waals surface area contributed by atoms with Crippen LogP contribution in [0.5, 0.6) is 0 Å². The Morgan fingerprint density at radius 2 is 1.69 bits per heavy atom. The van der Waals surface area contributed by atoms with Crippen LogP contribution < -0.4 is 10.6 Å². The number of carbonyl (C=O) groups is 2. The summed E-state index contributed by atoms with van der Waals surface area (Å²) < 4.78 is 0. The second-order valence-corrected chi connectivity index (χ2v) is 5.97. The van der Waals surface area contributed by atoms with E-state index in [9.17, 15) is 9.59 Å². The van der Waals surface area contributed by atoms with E-state index in [4.69, 9.17) is 0 Å². The highest BCUT2D eigenvalue weighted by atomic mass is 16.2. The second kappa shape index (κ2) is 8.25. The molecule has 5 nitrogen and oxygen atoms in total. The number of hydrogen-bond acceptors (Lipinski definition) is 3. The summed E-state index contributed by atoms with van der Waals surface area (Å²) in [4.78, 5) is 29.1. The molecule has 3 rings (SSSR count). The van der Waals surface area contributed by atoms with Crippen LogP contribution in [0.2, 0.25) is 0 Å². The number of carbonyl (C=O) groups excluding carboxylic acids is 2. The summed E-state index contributed by atoms with van der Waals surface area (Å²) in [5.74, 6) is -0.478. The number of fused-ring (bicyclic) bond motifs is 1. The Morgan fingerprint density at radius 1 is 0.962 bits per heavy atom. The van der Waals surface area contributed by atoms with Crippen LogP contribution >= 0.6 is 0 Å². The van der Waals surface area contributed by atoms with Gasteiger partial charge >= 0.3 is 0 Å². The van der Waals surface area contributed by atoms with Crippen LogP contribution in [0.3, 0.4) is 0 Å². The third kappa shape index (κ3) is 4.06. The molecule has 0 aliphatic rings. The number of nitrogens with one attached hydrogen (secondary N) is 2. The Labute approximate surface area is 152 Å². The highest BCUT2D eigenvalue weighted by molar-refractivity contribution is 6.08. The maximum absolute atomic E-state index is 12.7. The van der Waals surface area contributed by atoms with E-state index in [0.29, 0.717) is 12.1 Å². The summed E-state index contributed by atoms with van der Waals surface area (Å²) in [5, 5.41) is 6.21. The number of rotatable bonds is 6. The van der Waals surface area contributed by atoms with E-state index in [1.807, 2.05) is 61.5 Å². The number of pyridine rings is 1. The van der Waals surface area contributed by atoms with E-state index in [1.54, 1.807) is 6.07 Å². The number of benzene rings is 2. The summed E-state index contributed by atoms with van der Waals surface area (Å²) in [6.07, 6.45) is 0.856. The van der Waals surface area contributed by atoms with E-state index < -0.39 is 0 Å². The monoisotopic (exact) mass is 347 g/mol. The predicted octanol–water partition coefficient (Wildman–Crippen LogP) is 3.16. The molecule has 0 unspecified atom stereocenters. The van der Waals surface area contributed by atoms with Gasteiger partial charge in [0.15, 0.2) is 0 Å². The Hall–Kier alpha value is -3.21. The molecule has 26 heavy (non-hydrogen) atoms. The van der Waals surface area contributed by atoms with Gasteiger partial charge in [-0.25, -0.2) is 4.98 Å². The van der Waals surface area contributed by atoms with Gasteiger partial charge in [0.2, 0.25) is 5.91 Å². The third-order valence-corrected chi connectivity index (χ3v) is 4.01. The number of hydrogen-bond donors (Lipinski definition) is 2. The van der Waals surface area contributed by atoms with Crippen molar-refractivity contribution in [3.05, 3.63) is 66.2 Å². The lowest BCUT2D eigenvalue weighted by Gasteiger charge is -2.11. The van der Waals surface area contributed by atoms with Gasteiger partial charge in [-0.2, -0.15) is 0 Å². The van der Waals surface area contributed by atoms with Crippen LogP contribution in [0.1, 0.15) is 23.7 Å². The molecule has 0 bridgehead atoms. The van der Waals surface area contributed by atoms with Gasteiger partial charge in [-0.15, -0.1) is 0 Å². The highest BCUT2D eigenvalue weighted by Crippen LogP contribution is 2.24. The number of nitrogens with zero attached hydrogens (tertiary/aromatic N) is 1. The number of aromatic nitrogens is 1. The zero-order chi connectivity index (χ0) is 18.4. The maximum atomic E-state index is 12.7. The Morgan fingerprint density at radius 3 is 2.46 bits per heavy atom. The van der Waals surface area contributed by atoms with Crippen molar-refractivity contribution in [3.8, 4) is 11.3 Å². The van der Waals surface area contributed by atoms with Gasteiger partial charge in [0.05, 0.1) is 23.3 Å². The van der Waals surface area contributed by atoms with Crippen molar-refractivity contribution >= 4 is 22.7 Å². The quantitative estimate of drug-likeness (QED) is 0.719. The lowest BCUT2D eigenvalue weighted by atomic mass is 10.0. The normalized spacial score (nSPS) is 10.5. The molecule has 2 N–H and O–H groups in total. The van der Waals surface area contributed by atoms with Gasteiger partial charge in [-0.3, -0.25) is 9.59 Å². The molecule has 1 aromatic heterocycles. The van der Waals surface area contributed by atoms with Crippen molar-refractivity contribution in [3.63, 3.8) is 0 Å². The van der Waals surface area contributed by atoms with Crippen molar-refractivity contribution in [2.45, 2.75) is 13.3 Å². The first kappa shape index (κ1) is 17.6. The average molecular weight is 347 g/mol.